The minimum absolute atomic E-state index is 0.586. The summed E-state index contributed by atoms with van der Waals surface area (Å²) in [5.41, 5.74) is 2.06. The van der Waals surface area contributed by atoms with Crippen LogP contribution in [0.4, 0.5) is 0 Å². The Labute approximate surface area is 102 Å². The molecule has 3 heterocycles. The number of halogens is 1. The molecule has 4 nitrogen and oxygen atoms in total. The van der Waals surface area contributed by atoms with Gasteiger partial charge in [-0.15, -0.1) is 0 Å². The highest BCUT2D eigenvalue weighted by Gasteiger charge is 2.19. The summed E-state index contributed by atoms with van der Waals surface area (Å²) in [6, 6.07) is 2.10. The lowest BCUT2D eigenvalue weighted by Gasteiger charge is -2.21. The standard InChI is InChI=1S/C11H13BrN4/c12-8-5-9-10(7-1-3-13-4-2-7)15-16-11(9)14-6-8/h5-7,13H,1-4H2,(H,14,15,16). The zero-order valence-corrected chi connectivity index (χ0v) is 10.4. The quantitative estimate of drug-likeness (QED) is 0.842. The number of fused-ring (bicyclic) bond motifs is 1. The van der Waals surface area contributed by atoms with E-state index in [2.05, 4.69) is 42.5 Å². The molecule has 1 fully saturated rings. The van der Waals surface area contributed by atoms with Gasteiger partial charge in [0.2, 0.25) is 0 Å². The molecule has 0 radical (unpaired) electrons. The van der Waals surface area contributed by atoms with Crippen molar-refractivity contribution in [2.24, 2.45) is 0 Å². The molecule has 0 spiro atoms. The number of nitrogens with one attached hydrogen (secondary N) is 2. The molecule has 2 aromatic rings. The van der Waals surface area contributed by atoms with Crippen LogP contribution >= 0.6 is 15.9 Å². The zero-order valence-electron chi connectivity index (χ0n) is 8.83. The van der Waals surface area contributed by atoms with Crippen molar-refractivity contribution in [3.8, 4) is 0 Å². The van der Waals surface area contributed by atoms with E-state index in [9.17, 15) is 0 Å². The fourth-order valence-corrected chi connectivity index (χ4v) is 2.65. The van der Waals surface area contributed by atoms with Crippen LogP contribution in [0.15, 0.2) is 16.7 Å². The van der Waals surface area contributed by atoms with Crippen LogP contribution in [0.25, 0.3) is 11.0 Å². The monoisotopic (exact) mass is 280 g/mol. The van der Waals surface area contributed by atoms with Gasteiger partial charge in [0.25, 0.3) is 0 Å². The summed E-state index contributed by atoms with van der Waals surface area (Å²) in [5.74, 6) is 0.586. The van der Waals surface area contributed by atoms with E-state index in [-0.39, 0.29) is 0 Å². The van der Waals surface area contributed by atoms with Gasteiger partial charge in [0.05, 0.1) is 0 Å². The molecule has 5 heteroatoms. The van der Waals surface area contributed by atoms with Gasteiger partial charge in [-0.05, 0) is 47.9 Å². The highest BCUT2D eigenvalue weighted by atomic mass is 79.9. The number of H-pyrrole nitrogens is 1. The molecule has 0 atom stereocenters. The van der Waals surface area contributed by atoms with Crippen molar-refractivity contribution in [3.63, 3.8) is 0 Å². The number of aromatic nitrogens is 3. The second-order valence-corrected chi connectivity index (χ2v) is 5.10. The van der Waals surface area contributed by atoms with E-state index in [1.54, 1.807) is 6.20 Å². The maximum atomic E-state index is 4.29. The number of aromatic amines is 1. The summed E-state index contributed by atoms with van der Waals surface area (Å²) in [7, 11) is 0. The summed E-state index contributed by atoms with van der Waals surface area (Å²) >= 11 is 3.46. The molecule has 84 valence electrons. The van der Waals surface area contributed by atoms with Crippen LogP contribution in [0.5, 0.6) is 0 Å². The van der Waals surface area contributed by atoms with Gasteiger partial charge in [-0.3, -0.25) is 5.10 Å². The lowest BCUT2D eigenvalue weighted by Crippen LogP contribution is -2.26. The van der Waals surface area contributed by atoms with Crippen molar-refractivity contribution in [1.29, 1.82) is 0 Å². The Morgan fingerprint density at radius 1 is 1.31 bits per heavy atom. The van der Waals surface area contributed by atoms with Crippen LogP contribution < -0.4 is 5.32 Å². The summed E-state index contributed by atoms with van der Waals surface area (Å²) < 4.78 is 1.01. The van der Waals surface area contributed by atoms with Crippen LogP contribution in [0.2, 0.25) is 0 Å². The Hall–Kier alpha value is -0.940. The van der Waals surface area contributed by atoms with Crippen molar-refractivity contribution in [2.45, 2.75) is 18.8 Å². The van der Waals surface area contributed by atoms with Gasteiger partial charge in [-0.1, -0.05) is 0 Å². The topological polar surface area (TPSA) is 53.6 Å². The summed E-state index contributed by atoms with van der Waals surface area (Å²) in [5, 5.41) is 11.9. The first-order valence-corrected chi connectivity index (χ1v) is 6.34. The third-order valence-electron chi connectivity index (χ3n) is 3.15. The number of nitrogens with zero attached hydrogens (tertiary/aromatic N) is 2. The van der Waals surface area contributed by atoms with Gasteiger partial charge < -0.3 is 5.32 Å². The molecule has 0 aromatic carbocycles. The van der Waals surface area contributed by atoms with Crippen molar-refractivity contribution >= 4 is 27.0 Å². The zero-order chi connectivity index (χ0) is 11.0. The van der Waals surface area contributed by atoms with E-state index >= 15 is 0 Å². The van der Waals surface area contributed by atoms with Crippen LogP contribution in [0.3, 0.4) is 0 Å². The van der Waals surface area contributed by atoms with Gasteiger partial charge in [-0.2, -0.15) is 5.10 Å². The molecule has 1 saturated heterocycles. The molecule has 16 heavy (non-hydrogen) atoms. The Kier molecular flexibility index (Phi) is 2.65. The lowest BCUT2D eigenvalue weighted by atomic mass is 9.93. The maximum absolute atomic E-state index is 4.29. The molecule has 2 aromatic heterocycles. The SMILES string of the molecule is Brc1cnc2n[nH]c(C3CCNCC3)c2c1. The lowest BCUT2D eigenvalue weighted by molar-refractivity contribution is 0.454. The Morgan fingerprint density at radius 2 is 2.12 bits per heavy atom. The predicted molar refractivity (Wildman–Crippen MR) is 66.4 cm³/mol. The number of piperidine rings is 1. The van der Waals surface area contributed by atoms with Crippen LogP contribution in [0.1, 0.15) is 24.5 Å². The number of rotatable bonds is 1. The largest absolute Gasteiger partial charge is 0.317 e. The van der Waals surface area contributed by atoms with E-state index < -0.39 is 0 Å². The molecule has 3 rings (SSSR count). The van der Waals surface area contributed by atoms with E-state index in [4.69, 9.17) is 0 Å². The van der Waals surface area contributed by atoms with E-state index in [1.165, 1.54) is 18.5 Å². The summed E-state index contributed by atoms with van der Waals surface area (Å²) in [6.45, 7) is 2.18. The van der Waals surface area contributed by atoms with Gasteiger partial charge in [-0.25, -0.2) is 4.98 Å². The Bertz CT molecular complexity index is 502. The van der Waals surface area contributed by atoms with Gasteiger partial charge in [0, 0.05) is 27.7 Å². The highest BCUT2D eigenvalue weighted by molar-refractivity contribution is 9.10. The molecule has 1 aliphatic rings. The minimum Gasteiger partial charge on any atom is -0.317 e. The van der Waals surface area contributed by atoms with Gasteiger partial charge in [0.15, 0.2) is 5.65 Å². The first-order chi connectivity index (χ1) is 7.84. The van der Waals surface area contributed by atoms with Crippen molar-refractivity contribution in [3.05, 3.63) is 22.4 Å². The number of hydrogen-bond donors (Lipinski definition) is 2. The number of pyridine rings is 1. The van der Waals surface area contributed by atoms with Crippen molar-refractivity contribution in [2.75, 3.05) is 13.1 Å². The van der Waals surface area contributed by atoms with E-state index in [0.29, 0.717) is 5.92 Å². The van der Waals surface area contributed by atoms with Crippen molar-refractivity contribution < 1.29 is 0 Å². The van der Waals surface area contributed by atoms with Gasteiger partial charge in [0.1, 0.15) is 0 Å². The first kappa shape index (κ1) is 10.2. The highest BCUT2D eigenvalue weighted by Crippen LogP contribution is 2.29. The molecule has 0 bridgehead atoms. The van der Waals surface area contributed by atoms with E-state index in [0.717, 1.165) is 28.6 Å². The Balaban J connectivity index is 2.05. The summed E-state index contributed by atoms with van der Waals surface area (Å²) in [6.07, 6.45) is 4.13. The van der Waals surface area contributed by atoms with Crippen molar-refractivity contribution in [1.82, 2.24) is 20.5 Å². The molecule has 2 N–H and O–H groups in total. The predicted octanol–water partition coefficient (Wildman–Crippen LogP) is 2.19. The van der Waals surface area contributed by atoms with Gasteiger partial charge >= 0.3 is 0 Å². The van der Waals surface area contributed by atoms with E-state index in [1.807, 2.05) is 0 Å². The molecule has 1 aliphatic heterocycles. The fourth-order valence-electron chi connectivity index (χ4n) is 2.31. The molecule has 0 saturated carbocycles. The molecule has 0 amide bonds. The third kappa shape index (κ3) is 1.74. The Morgan fingerprint density at radius 3 is 2.94 bits per heavy atom. The molecule has 0 unspecified atom stereocenters. The van der Waals surface area contributed by atoms with Crippen LogP contribution in [-0.4, -0.2) is 28.3 Å². The number of hydrogen-bond acceptors (Lipinski definition) is 3. The average Bonchev–Trinajstić information content (AvgIpc) is 2.73. The third-order valence-corrected chi connectivity index (χ3v) is 3.59. The maximum Gasteiger partial charge on any atom is 0.181 e. The summed E-state index contributed by atoms with van der Waals surface area (Å²) in [4.78, 5) is 4.29. The molecular formula is C11H13BrN4. The molecular weight excluding hydrogens is 268 g/mol. The second-order valence-electron chi connectivity index (χ2n) is 4.19. The smallest absolute Gasteiger partial charge is 0.181 e. The molecule has 0 aliphatic carbocycles. The minimum atomic E-state index is 0.586. The fraction of sp³-hybridized carbons (Fsp3) is 0.455. The van der Waals surface area contributed by atoms with Crippen LogP contribution in [0, 0.1) is 0 Å². The second kappa shape index (κ2) is 4.14. The first-order valence-electron chi connectivity index (χ1n) is 5.55. The van der Waals surface area contributed by atoms with Crippen LogP contribution in [-0.2, 0) is 0 Å². The normalized spacial score (nSPS) is 18.1. The average molecular weight is 281 g/mol.